The van der Waals surface area contributed by atoms with Gasteiger partial charge in [-0.15, -0.1) is 0 Å². The summed E-state index contributed by atoms with van der Waals surface area (Å²) in [5, 5.41) is 40.5. The summed E-state index contributed by atoms with van der Waals surface area (Å²) in [5.74, 6) is -10.0. The Bertz CT molecular complexity index is 1610. The molecule has 0 saturated carbocycles. The Morgan fingerprint density at radius 2 is 1.38 bits per heavy atom. The van der Waals surface area contributed by atoms with Gasteiger partial charge in [-0.3, -0.25) is 38.4 Å². The second kappa shape index (κ2) is 23.6. The van der Waals surface area contributed by atoms with Crippen molar-refractivity contribution < 1.29 is 63.2 Å². The first-order valence-electron chi connectivity index (χ1n) is 19.4. The minimum absolute atomic E-state index is 0.0475. The fraction of sp³-hybridized carbons (Fsp3) is 0.615. The number of hydrogen-bond donors (Lipinski definition) is 8. The zero-order chi connectivity index (χ0) is 43.7. The van der Waals surface area contributed by atoms with Crippen molar-refractivity contribution in [2.24, 2.45) is 11.8 Å². The van der Waals surface area contributed by atoms with Gasteiger partial charge >= 0.3 is 17.9 Å². The number of carboxylic acid groups (broad SMARTS) is 3. The number of nitrogens with one attached hydrogen (secondary N) is 5. The van der Waals surface area contributed by atoms with Crippen molar-refractivity contribution in [2.75, 3.05) is 6.54 Å². The van der Waals surface area contributed by atoms with E-state index in [9.17, 15) is 58.5 Å². The highest BCUT2D eigenvalue weighted by molar-refractivity contribution is 5.97. The zero-order valence-corrected chi connectivity index (χ0v) is 33.8. The third-order valence-corrected chi connectivity index (χ3v) is 9.75. The van der Waals surface area contributed by atoms with Crippen LogP contribution in [0.25, 0.3) is 0 Å². The van der Waals surface area contributed by atoms with Gasteiger partial charge < -0.3 is 51.5 Å². The standard InChI is InChI=1S/C39H58N6O13/c1-7-12-27(39(56)57)42-36(53)29-17-25(58-20-24-13-10-9-11-14-24)19-45(29)38(55)32(21(3)4)43-37(54)33(22(5)8-2)44-34(51)26(15-16-30(47)48)41-35(52)28(18-31(49)50)40-23(6)46/h9-11,13-14,21-22,25-29,32-33H,7-8,12,15-20H2,1-6H3,(H,40,46)(H,41,52)(H,42,53)(H,43,54)(H,44,51)(H,47,48)(H,49,50)(H,56,57)/t22-,25+,26+,27-,28-,29-,32-,33-/m0/s1. The van der Waals surface area contributed by atoms with Gasteiger partial charge in [0.2, 0.25) is 35.4 Å². The summed E-state index contributed by atoms with van der Waals surface area (Å²) in [6, 6.07) is 1.14. The van der Waals surface area contributed by atoms with Crippen molar-refractivity contribution >= 4 is 53.4 Å². The molecule has 322 valence electrons. The van der Waals surface area contributed by atoms with Gasteiger partial charge in [0, 0.05) is 26.3 Å². The number of rotatable bonds is 24. The fourth-order valence-electron chi connectivity index (χ4n) is 6.34. The van der Waals surface area contributed by atoms with Crippen LogP contribution in [0.3, 0.4) is 0 Å². The number of ether oxygens (including phenoxy) is 1. The van der Waals surface area contributed by atoms with Crippen LogP contribution in [0.4, 0.5) is 0 Å². The second-order valence-corrected chi connectivity index (χ2v) is 14.8. The van der Waals surface area contributed by atoms with Gasteiger partial charge in [-0.25, -0.2) is 4.79 Å². The Labute approximate surface area is 337 Å². The van der Waals surface area contributed by atoms with E-state index in [0.717, 1.165) is 12.5 Å². The first kappa shape index (κ1) is 48.6. The van der Waals surface area contributed by atoms with Crippen molar-refractivity contribution in [3.63, 3.8) is 0 Å². The summed E-state index contributed by atoms with van der Waals surface area (Å²) < 4.78 is 6.09. The highest BCUT2D eigenvalue weighted by Gasteiger charge is 2.44. The van der Waals surface area contributed by atoms with Crippen LogP contribution in [0.15, 0.2) is 30.3 Å². The molecular weight excluding hydrogens is 760 g/mol. The summed E-state index contributed by atoms with van der Waals surface area (Å²) in [6.45, 7) is 9.66. The number of benzene rings is 1. The summed E-state index contributed by atoms with van der Waals surface area (Å²) in [4.78, 5) is 116. The average molecular weight is 819 g/mol. The molecule has 58 heavy (non-hydrogen) atoms. The van der Waals surface area contributed by atoms with E-state index in [1.165, 1.54) is 4.90 Å². The molecule has 0 bridgehead atoms. The molecule has 2 rings (SSSR count). The van der Waals surface area contributed by atoms with E-state index in [1.807, 2.05) is 30.3 Å². The fourth-order valence-corrected chi connectivity index (χ4v) is 6.34. The smallest absolute Gasteiger partial charge is 0.326 e. The molecule has 0 aliphatic carbocycles. The predicted molar refractivity (Wildman–Crippen MR) is 206 cm³/mol. The lowest BCUT2D eigenvalue weighted by Gasteiger charge is -2.33. The molecule has 0 unspecified atom stereocenters. The summed E-state index contributed by atoms with van der Waals surface area (Å²) in [5.41, 5.74) is 0.852. The monoisotopic (exact) mass is 818 g/mol. The Balaban J connectivity index is 2.39. The van der Waals surface area contributed by atoms with Gasteiger partial charge in [-0.2, -0.15) is 0 Å². The van der Waals surface area contributed by atoms with Crippen LogP contribution >= 0.6 is 0 Å². The number of hydrogen-bond acceptors (Lipinski definition) is 10. The van der Waals surface area contributed by atoms with Crippen LogP contribution in [0.1, 0.15) is 92.1 Å². The molecule has 8 atom stereocenters. The van der Waals surface area contributed by atoms with Crippen molar-refractivity contribution in [1.29, 1.82) is 0 Å². The van der Waals surface area contributed by atoms with Crippen LogP contribution in [-0.4, -0.2) is 122 Å². The SMILES string of the molecule is CCC[C@H](NC(=O)[C@@H]1C[C@@H](OCc2ccccc2)CN1C(=O)[C@@H](NC(=O)[C@@H](NC(=O)[C@@H](CCC(=O)O)NC(=O)[C@H](CC(=O)O)NC(C)=O)[C@@H](C)CC)C(C)C)C(=O)O. The summed E-state index contributed by atoms with van der Waals surface area (Å²) in [7, 11) is 0. The first-order chi connectivity index (χ1) is 27.3. The van der Waals surface area contributed by atoms with Crippen LogP contribution in [0.2, 0.25) is 0 Å². The first-order valence-corrected chi connectivity index (χ1v) is 19.4. The molecule has 0 spiro atoms. The lowest BCUT2D eigenvalue weighted by Crippen LogP contribution is -2.61. The van der Waals surface area contributed by atoms with E-state index in [4.69, 9.17) is 4.74 Å². The third-order valence-electron chi connectivity index (χ3n) is 9.75. The Morgan fingerprint density at radius 1 is 0.759 bits per heavy atom. The lowest BCUT2D eigenvalue weighted by atomic mass is 9.95. The van der Waals surface area contributed by atoms with Crippen LogP contribution in [-0.2, 0) is 54.5 Å². The van der Waals surface area contributed by atoms with E-state index < -0.39 is 127 Å². The van der Waals surface area contributed by atoms with Gasteiger partial charge in [-0.1, -0.05) is 77.8 Å². The summed E-state index contributed by atoms with van der Waals surface area (Å²) >= 11 is 0. The van der Waals surface area contributed by atoms with Gasteiger partial charge in [0.15, 0.2) is 0 Å². The number of carbonyl (C=O) groups is 9. The molecule has 8 N–H and O–H groups in total. The predicted octanol–water partition coefficient (Wildman–Crippen LogP) is 0.543. The highest BCUT2D eigenvalue weighted by atomic mass is 16.5. The molecule has 0 radical (unpaired) electrons. The van der Waals surface area contributed by atoms with Gasteiger partial charge in [0.05, 0.1) is 19.1 Å². The maximum atomic E-state index is 14.4. The molecule has 1 aliphatic heterocycles. The molecule has 1 fully saturated rings. The number of carbonyl (C=O) groups excluding carboxylic acids is 6. The van der Waals surface area contributed by atoms with E-state index in [-0.39, 0.29) is 26.0 Å². The van der Waals surface area contributed by atoms with E-state index >= 15 is 0 Å². The second-order valence-electron chi connectivity index (χ2n) is 14.8. The molecule has 19 heteroatoms. The Hall–Kier alpha value is -5.59. The Kier molecular flexibility index (Phi) is 19.8. The van der Waals surface area contributed by atoms with Gasteiger partial charge in [0.25, 0.3) is 0 Å². The zero-order valence-electron chi connectivity index (χ0n) is 33.8. The maximum absolute atomic E-state index is 14.4. The van der Waals surface area contributed by atoms with Crippen molar-refractivity contribution in [2.45, 2.75) is 135 Å². The molecule has 19 nitrogen and oxygen atoms in total. The third kappa shape index (κ3) is 15.4. The van der Waals surface area contributed by atoms with E-state index in [2.05, 4.69) is 26.6 Å². The Morgan fingerprint density at radius 3 is 1.91 bits per heavy atom. The molecule has 1 aromatic rings. The van der Waals surface area contributed by atoms with E-state index in [0.29, 0.717) is 12.8 Å². The normalized spacial score (nSPS) is 18.1. The van der Waals surface area contributed by atoms with Crippen molar-refractivity contribution in [1.82, 2.24) is 31.5 Å². The minimum atomic E-state index is -1.59. The molecule has 6 amide bonds. The molecule has 0 aromatic heterocycles. The number of amides is 6. The quantitative estimate of drug-likeness (QED) is 0.0708. The number of nitrogens with zero attached hydrogens (tertiary/aromatic N) is 1. The number of likely N-dealkylation sites (tertiary alicyclic amines) is 1. The average Bonchev–Trinajstić information content (AvgIpc) is 3.59. The molecule has 1 heterocycles. The largest absolute Gasteiger partial charge is 0.481 e. The molecule has 1 aromatic carbocycles. The topological polar surface area (TPSA) is 287 Å². The van der Waals surface area contributed by atoms with Gasteiger partial charge in [0.1, 0.15) is 36.3 Å². The lowest BCUT2D eigenvalue weighted by molar-refractivity contribution is -0.145. The summed E-state index contributed by atoms with van der Waals surface area (Å²) in [6.07, 6.45) is -1.50. The number of aliphatic carboxylic acids is 3. The maximum Gasteiger partial charge on any atom is 0.326 e. The van der Waals surface area contributed by atoms with Crippen molar-refractivity contribution in [3.05, 3.63) is 35.9 Å². The van der Waals surface area contributed by atoms with Crippen LogP contribution < -0.4 is 26.6 Å². The molecule has 1 aliphatic rings. The highest BCUT2D eigenvalue weighted by Crippen LogP contribution is 2.25. The molecule has 1 saturated heterocycles. The van der Waals surface area contributed by atoms with Crippen LogP contribution in [0, 0.1) is 11.8 Å². The van der Waals surface area contributed by atoms with Gasteiger partial charge in [-0.05, 0) is 30.2 Å². The number of carboxylic acids is 3. The van der Waals surface area contributed by atoms with E-state index in [1.54, 1.807) is 34.6 Å². The molecular formula is C39H58N6O13. The van der Waals surface area contributed by atoms with Crippen LogP contribution in [0.5, 0.6) is 0 Å². The minimum Gasteiger partial charge on any atom is -0.481 e. The van der Waals surface area contributed by atoms with Crippen molar-refractivity contribution in [3.8, 4) is 0 Å².